The number of anilines is 1. The Labute approximate surface area is 169 Å². The second kappa shape index (κ2) is 11.8. The van der Waals surface area contributed by atoms with Crippen molar-refractivity contribution < 1.29 is 4.79 Å². The molecule has 0 spiro atoms. The van der Waals surface area contributed by atoms with Gasteiger partial charge in [-0.15, -0.1) is 24.8 Å². The molecular formula is C18H33Cl2N5O. The summed E-state index contributed by atoms with van der Waals surface area (Å²) in [6.45, 7) is 3.35. The molecule has 1 amide bonds. The molecule has 1 aliphatic heterocycles. The molecule has 0 bridgehead atoms. The van der Waals surface area contributed by atoms with E-state index in [1.54, 1.807) is 6.20 Å². The summed E-state index contributed by atoms with van der Waals surface area (Å²) in [6, 6.07) is 2.41. The molecule has 26 heavy (non-hydrogen) atoms. The van der Waals surface area contributed by atoms with E-state index in [0.717, 1.165) is 31.9 Å². The van der Waals surface area contributed by atoms with Crippen LogP contribution in [0.4, 0.5) is 5.82 Å². The highest BCUT2D eigenvalue weighted by molar-refractivity contribution is 5.91. The molecule has 1 atom stereocenters. The third kappa shape index (κ3) is 6.72. The van der Waals surface area contributed by atoms with Crippen LogP contribution in [0.2, 0.25) is 0 Å². The number of hydrogen-bond acceptors (Lipinski definition) is 4. The minimum absolute atomic E-state index is 0. The molecule has 3 rings (SSSR count). The van der Waals surface area contributed by atoms with Crippen LogP contribution in [0.15, 0.2) is 12.3 Å². The van der Waals surface area contributed by atoms with Crippen molar-refractivity contribution in [3.8, 4) is 0 Å². The Morgan fingerprint density at radius 3 is 2.69 bits per heavy atom. The van der Waals surface area contributed by atoms with Crippen molar-refractivity contribution in [1.29, 1.82) is 0 Å². The summed E-state index contributed by atoms with van der Waals surface area (Å²) in [5, 5.41) is 10.8. The lowest BCUT2D eigenvalue weighted by Crippen LogP contribution is -2.47. The summed E-state index contributed by atoms with van der Waals surface area (Å²) in [6.07, 6.45) is 10.7. The number of aromatic nitrogens is 2. The molecule has 1 aliphatic carbocycles. The molecule has 2 fully saturated rings. The van der Waals surface area contributed by atoms with Gasteiger partial charge in [0.25, 0.3) is 0 Å². The highest BCUT2D eigenvalue weighted by atomic mass is 35.5. The molecule has 0 aromatic carbocycles. The summed E-state index contributed by atoms with van der Waals surface area (Å²) >= 11 is 0. The molecule has 2 aliphatic rings. The Bertz CT molecular complexity index is 533. The monoisotopic (exact) mass is 405 g/mol. The summed E-state index contributed by atoms with van der Waals surface area (Å²) < 4.78 is 1.97. The van der Waals surface area contributed by atoms with Crippen LogP contribution in [0.25, 0.3) is 0 Å². The molecule has 1 unspecified atom stereocenters. The molecule has 1 aromatic rings. The van der Waals surface area contributed by atoms with Gasteiger partial charge in [0.15, 0.2) is 0 Å². The Balaban J connectivity index is 0.00000169. The van der Waals surface area contributed by atoms with E-state index in [9.17, 15) is 4.79 Å². The lowest BCUT2D eigenvalue weighted by Gasteiger charge is -2.31. The van der Waals surface area contributed by atoms with Gasteiger partial charge in [-0.1, -0.05) is 19.3 Å². The van der Waals surface area contributed by atoms with Gasteiger partial charge in [-0.25, -0.2) is 4.68 Å². The number of carbonyl (C=O) groups is 1. The number of carbonyl (C=O) groups excluding carboxylic acids is 1. The molecule has 1 saturated heterocycles. The summed E-state index contributed by atoms with van der Waals surface area (Å²) in [5.74, 6) is 1.61. The SMILES string of the molecule is CNC1CCCN(CC(=O)Nc2ccnn2CC2CCCCC2)C1.Cl.Cl. The zero-order chi connectivity index (χ0) is 16.8. The topological polar surface area (TPSA) is 62.2 Å². The largest absolute Gasteiger partial charge is 0.316 e. The third-order valence-electron chi connectivity index (χ3n) is 5.42. The molecule has 0 radical (unpaired) electrons. The van der Waals surface area contributed by atoms with Crippen LogP contribution in [-0.4, -0.2) is 53.3 Å². The van der Waals surface area contributed by atoms with E-state index >= 15 is 0 Å². The number of amides is 1. The highest BCUT2D eigenvalue weighted by Crippen LogP contribution is 2.25. The fraction of sp³-hybridized carbons (Fsp3) is 0.778. The number of hydrogen-bond donors (Lipinski definition) is 2. The van der Waals surface area contributed by atoms with E-state index < -0.39 is 0 Å². The van der Waals surface area contributed by atoms with Gasteiger partial charge in [-0.2, -0.15) is 5.10 Å². The van der Waals surface area contributed by atoms with E-state index in [-0.39, 0.29) is 30.7 Å². The standard InChI is InChI=1S/C18H31N5O.2ClH/c1-19-16-8-5-11-22(13-16)14-18(24)21-17-9-10-20-23(17)12-15-6-3-2-4-7-15;;/h9-10,15-16,19H,2-8,11-14H2,1H3,(H,21,24);2*1H. The first-order valence-corrected chi connectivity index (χ1v) is 9.46. The zero-order valence-corrected chi connectivity index (χ0v) is 17.3. The second-order valence-electron chi connectivity index (χ2n) is 7.31. The highest BCUT2D eigenvalue weighted by Gasteiger charge is 2.21. The lowest BCUT2D eigenvalue weighted by molar-refractivity contribution is -0.117. The van der Waals surface area contributed by atoms with Gasteiger partial charge in [0.2, 0.25) is 5.91 Å². The first kappa shape index (κ1) is 23.2. The van der Waals surface area contributed by atoms with Crippen LogP contribution in [0.1, 0.15) is 44.9 Å². The number of halogens is 2. The first-order chi connectivity index (χ1) is 11.7. The lowest BCUT2D eigenvalue weighted by atomic mass is 9.89. The molecule has 150 valence electrons. The maximum atomic E-state index is 12.4. The molecule has 8 heteroatoms. The van der Waals surface area contributed by atoms with Gasteiger partial charge in [0.1, 0.15) is 5.82 Å². The number of nitrogens with zero attached hydrogens (tertiary/aromatic N) is 3. The van der Waals surface area contributed by atoms with Crippen LogP contribution >= 0.6 is 24.8 Å². The Hall–Kier alpha value is -0.820. The molecule has 2 N–H and O–H groups in total. The van der Waals surface area contributed by atoms with E-state index in [4.69, 9.17) is 0 Å². The molecule has 6 nitrogen and oxygen atoms in total. The van der Waals surface area contributed by atoms with Crippen LogP contribution in [0, 0.1) is 5.92 Å². The van der Waals surface area contributed by atoms with Crippen molar-refractivity contribution in [3.63, 3.8) is 0 Å². The van der Waals surface area contributed by atoms with Crippen molar-refractivity contribution in [2.45, 2.75) is 57.5 Å². The number of nitrogens with one attached hydrogen (secondary N) is 2. The molecular weight excluding hydrogens is 373 g/mol. The van der Waals surface area contributed by atoms with E-state index in [0.29, 0.717) is 18.5 Å². The van der Waals surface area contributed by atoms with Crippen molar-refractivity contribution in [1.82, 2.24) is 20.0 Å². The van der Waals surface area contributed by atoms with Crippen LogP contribution in [0.3, 0.4) is 0 Å². The summed E-state index contributed by atoms with van der Waals surface area (Å²) in [7, 11) is 2.00. The minimum atomic E-state index is 0. The van der Waals surface area contributed by atoms with Crippen molar-refractivity contribution in [2.24, 2.45) is 5.92 Å². The Morgan fingerprint density at radius 2 is 1.96 bits per heavy atom. The number of rotatable bonds is 6. The predicted octanol–water partition coefficient (Wildman–Crippen LogP) is 2.93. The third-order valence-corrected chi connectivity index (χ3v) is 5.42. The first-order valence-electron chi connectivity index (χ1n) is 9.46. The quantitative estimate of drug-likeness (QED) is 0.763. The summed E-state index contributed by atoms with van der Waals surface area (Å²) in [4.78, 5) is 14.6. The summed E-state index contributed by atoms with van der Waals surface area (Å²) in [5.41, 5.74) is 0. The Kier molecular flexibility index (Phi) is 10.5. The van der Waals surface area contributed by atoms with Gasteiger partial charge in [-0.05, 0) is 45.2 Å². The van der Waals surface area contributed by atoms with Gasteiger partial charge >= 0.3 is 0 Å². The van der Waals surface area contributed by atoms with E-state index in [2.05, 4.69) is 20.6 Å². The van der Waals surface area contributed by atoms with Gasteiger partial charge in [-0.3, -0.25) is 9.69 Å². The number of likely N-dealkylation sites (N-methyl/N-ethyl adjacent to an activating group) is 1. The van der Waals surface area contributed by atoms with Crippen molar-refractivity contribution in [3.05, 3.63) is 12.3 Å². The average Bonchev–Trinajstić information content (AvgIpc) is 3.02. The second-order valence-corrected chi connectivity index (χ2v) is 7.31. The van der Waals surface area contributed by atoms with Gasteiger partial charge < -0.3 is 10.6 Å². The van der Waals surface area contributed by atoms with Gasteiger partial charge in [0.05, 0.1) is 12.7 Å². The fourth-order valence-electron chi connectivity index (χ4n) is 4.02. The maximum Gasteiger partial charge on any atom is 0.239 e. The normalized spacial score (nSPS) is 21.5. The number of piperidine rings is 1. The molecule has 1 aromatic heterocycles. The van der Waals surface area contributed by atoms with Crippen molar-refractivity contribution in [2.75, 3.05) is 32.0 Å². The molecule has 2 heterocycles. The van der Waals surface area contributed by atoms with Crippen LogP contribution < -0.4 is 10.6 Å². The van der Waals surface area contributed by atoms with E-state index in [1.807, 2.05) is 17.8 Å². The minimum Gasteiger partial charge on any atom is -0.316 e. The average molecular weight is 406 g/mol. The van der Waals surface area contributed by atoms with Crippen LogP contribution in [0.5, 0.6) is 0 Å². The van der Waals surface area contributed by atoms with Crippen molar-refractivity contribution >= 4 is 36.5 Å². The smallest absolute Gasteiger partial charge is 0.239 e. The maximum absolute atomic E-state index is 12.4. The fourth-order valence-corrected chi connectivity index (χ4v) is 4.02. The zero-order valence-electron chi connectivity index (χ0n) is 15.7. The van der Waals surface area contributed by atoms with E-state index in [1.165, 1.54) is 38.5 Å². The van der Waals surface area contributed by atoms with Crippen LogP contribution in [-0.2, 0) is 11.3 Å². The van der Waals surface area contributed by atoms with Gasteiger partial charge in [0, 0.05) is 25.2 Å². The number of likely N-dealkylation sites (tertiary alicyclic amines) is 1. The molecule has 1 saturated carbocycles. The Morgan fingerprint density at radius 1 is 1.19 bits per heavy atom. The predicted molar refractivity (Wildman–Crippen MR) is 110 cm³/mol.